The Bertz CT molecular complexity index is 435. The van der Waals surface area contributed by atoms with Gasteiger partial charge in [-0.1, -0.05) is 26.0 Å². The maximum absolute atomic E-state index is 13.1. The van der Waals surface area contributed by atoms with Gasteiger partial charge >= 0.3 is 0 Å². The molecule has 0 heterocycles. The molecule has 120 valence electrons. The van der Waals surface area contributed by atoms with Crippen LogP contribution in [-0.2, 0) is 6.54 Å². The fraction of sp³-hybridized carbons (Fsp3) is 0.562. The molecule has 0 saturated carbocycles. The lowest BCUT2D eigenvalue weighted by Crippen LogP contribution is -2.41. The van der Waals surface area contributed by atoms with E-state index >= 15 is 0 Å². The first-order chi connectivity index (χ1) is 9.51. The summed E-state index contributed by atoms with van der Waals surface area (Å²) in [6.45, 7) is 7.17. The van der Waals surface area contributed by atoms with Crippen LogP contribution in [0.1, 0.15) is 39.2 Å². The van der Waals surface area contributed by atoms with Crippen LogP contribution < -0.4 is 10.6 Å². The lowest BCUT2D eigenvalue weighted by Gasteiger charge is -2.18. The van der Waals surface area contributed by atoms with E-state index in [-0.39, 0.29) is 29.8 Å². The third kappa shape index (κ3) is 8.90. The number of rotatable bonds is 6. The Kier molecular flexibility index (Phi) is 10.4. The van der Waals surface area contributed by atoms with Crippen LogP contribution >= 0.6 is 24.0 Å². The maximum Gasteiger partial charge on any atom is 0.191 e. The van der Waals surface area contributed by atoms with Crippen molar-refractivity contribution in [3.63, 3.8) is 0 Å². The summed E-state index contributed by atoms with van der Waals surface area (Å²) in [5.41, 5.74) is 0.905. The van der Waals surface area contributed by atoms with E-state index in [1.54, 1.807) is 13.1 Å². The van der Waals surface area contributed by atoms with Crippen molar-refractivity contribution < 1.29 is 4.39 Å². The molecule has 2 N–H and O–H groups in total. The highest BCUT2D eigenvalue weighted by molar-refractivity contribution is 14.0. The minimum atomic E-state index is -0.211. The predicted molar refractivity (Wildman–Crippen MR) is 98.7 cm³/mol. The number of aliphatic imine (C=N–C) groups is 1. The van der Waals surface area contributed by atoms with E-state index < -0.39 is 0 Å². The van der Waals surface area contributed by atoms with Crippen molar-refractivity contribution in [1.82, 2.24) is 10.6 Å². The van der Waals surface area contributed by atoms with Gasteiger partial charge in [0.2, 0.25) is 0 Å². The Morgan fingerprint density at radius 3 is 2.52 bits per heavy atom. The molecule has 1 atom stereocenters. The smallest absolute Gasteiger partial charge is 0.191 e. The summed E-state index contributed by atoms with van der Waals surface area (Å²) in [5.74, 6) is 1.25. The van der Waals surface area contributed by atoms with Crippen molar-refractivity contribution in [3.8, 4) is 0 Å². The molecule has 0 spiro atoms. The van der Waals surface area contributed by atoms with Crippen LogP contribution in [-0.4, -0.2) is 19.0 Å². The zero-order chi connectivity index (χ0) is 15.0. The molecule has 0 aliphatic heterocycles. The van der Waals surface area contributed by atoms with Crippen molar-refractivity contribution in [2.75, 3.05) is 7.05 Å². The van der Waals surface area contributed by atoms with Gasteiger partial charge in [-0.3, -0.25) is 4.99 Å². The fourth-order valence-corrected chi connectivity index (χ4v) is 1.92. The Morgan fingerprint density at radius 2 is 1.95 bits per heavy atom. The molecular formula is C16H27FIN3. The van der Waals surface area contributed by atoms with Gasteiger partial charge < -0.3 is 10.6 Å². The van der Waals surface area contributed by atoms with Gasteiger partial charge in [-0.2, -0.15) is 0 Å². The third-order valence-electron chi connectivity index (χ3n) is 3.13. The Morgan fingerprint density at radius 1 is 1.24 bits per heavy atom. The second kappa shape index (κ2) is 10.8. The first kappa shape index (κ1) is 20.1. The van der Waals surface area contributed by atoms with Crippen LogP contribution in [0.25, 0.3) is 0 Å². The molecule has 0 aromatic heterocycles. The number of halogens is 2. The summed E-state index contributed by atoms with van der Waals surface area (Å²) in [5, 5.41) is 6.56. The highest BCUT2D eigenvalue weighted by Gasteiger charge is 2.06. The SMILES string of the molecule is CN=C(NCc1cccc(F)c1)NC(C)CCC(C)C.I. The predicted octanol–water partition coefficient (Wildman–Crippen LogP) is 3.93. The maximum atomic E-state index is 13.1. The second-order valence-corrected chi connectivity index (χ2v) is 5.57. The molecule has 21 heavy (non-hydrogen) atoms. The Balaban J connectivity index is 0.00000400. The number of hydrogen-bond acceptors (Lipinski definition) is 1. The molecule has 1 unspecified atom stereocenters. The molecule has 0 saturated heterocycles. The minimum absolute atomic E-state index is 0. The lowest BCUT2D eigenvalue weighted by atomic mass is 10.0. The molecule has 1 aromatic rings. The van der Waals surface area contributed by atoms with E-state index in [4.69, 9.17) is 0 Å². The minimum Gasteiger partial charge on any atom is -0.354 e. The van der Waals surface area contributed by atoms with E-state index in [9.17, 15) is 4.39 Å². The number of nitrogens with one attached hydrogen (secondary N) is 2. The second-order valence-electron chi connectivity index (χ2n) is 5.57. The summed E-state index contributed by atoms with van der Waals surface area (Å²) in [4.78, 5) is 4.19. The summed E-state index contributed by atoms with van der Waals surface area (Å²) in [6, 6.07) is 6.96. The molecule has 0 aliphatic rings. The topological polar surface area (TPSA) is 36.4 Å². The molecule has 0 fully saturated rings. The van der Waals surface area contributed by atoms with E-state index in [1.165, 1.54) is 18.6 Å². The van der Waals surface area contributed by atoms with Gasteiger partial charge in [0.05, 0.1) is 0 Å². The van der Waals surface area contributed by atoms with Crippen LogP contribution in [0.3, 0.4) is 0 Å². The van der Waals surface area contributed by atoms with Gasteiger partial charge in [0, 0.05) is 19.6 Å². The van der Waals surface area contributed by atoms with Gasteiger partial charge in [-0.05, 0) is 43.4 Å². The molecule has 1 rings (SSSR count). The van der Waals surface area contributed by atoms with E-state index in [1.807, 2.05) is 6.07 Å². The van der Waals surface area contributed by atoms with Gasteiger partial charge in [0.15, 0.2) is 5.96 Å². The van der Waals surface area contributed by atoms with Crippen LogP contribution in [0.5, 0.6) is 0 Å². The quantitative estimate of drug-likeness (QED) is 0.426. The summed E-state index contributed by atoms with van der Waals surface area (Å²) in [6.07, 6.45) is 2.30. The molecule has 5 heteroatoms. The van der Waals surface area contributed by atoms with Crippen LogP contribution in [0.4, 0.5) is 4.39 Å². The molecule has 1 aromatic carbocycles. The van der Waals surface area contributed by atoms with Crippen molar-refractivity contribution in [2.45, 2.75) is 46.2 Å². The molecule has 0 bridgehead atoms. The zero-order valence-corrected chi connectivity index (χ0v) is 15.6. The molecule has 0 amide bonds. The average Bonchev–Trinajstić information content (AvgIpc) is 2.41. The zero-order valence-electron chi connectivity index (χ0n) is 13.3. The lowest BCUT2D eigenvalue weighted by molar-refractivity contribution is 0.489. The largest absolute Gasteiger partial charge is 0.354 e. The van der Waals surface area contributed by atoms with Gasteiger partial charge in [-0.25, -0.2) is 4.39 Å². The van der Waals surface area contributed by atoms with Crippen molar-refractivity contribution in [1.29, 1.82) is 0 Å². The van der Waals surface area contributed by atoms with Crippen LogP contribution in [0, 0.1) is 11.7 Å². The Hall–Kier alpha value is -0.850. The highest BCUT2D eigenvalue weighted by atomic mass is 127. The first-order valence-corrected chi connectivity index (χ1v) is 7.23. The Labute approximate surface area is 144 Å². The molecule has 0 aliphatic carbocycles. The van der Waals surface area contributed by atoms with Crippen LogP contribution in [0.15, 0.2) is 29.3 Å². The number of hydrogen-bond donors (Lipinski definition) is 2. The number of guanidine groups is 1. The number of benzene rings is 1. The fourth-order valence-electron chi connectivity index (χ4n) is 1.92. The third-order valence-corrected chi connectivity index (χ3v) is 3.13. The molecular weight excluding hydrogens is 380 g/mol. The standard InChI is InChI=1S/C16H26FN3.HI/c1-12(2)8-9-13(3)20-16(18-4)19-11-14-6-5-7-15(17)10-14;/h5-7,10,12-13H,8-9,11H2,1-4H3,(H2,18,19,20);1H. The monoisotopic (exact) mass is 407 g/mol. The van der Waals surface area contributed by atoms with Gasteiger partial charge in [-0.15, -0.1) is 24.0 Å². The summed E-state index contributed by atoms with van der Waals surface area (Å²) < 4.78 is 13.1. The van der Waals surface area contributed by atoms with Crippen LogP contribution in [0.2, 0.25) is 0 Å². The molecule has 3 nitrogen and oxygen atoms in total. The summed E-state index contributed by atoms with van der Waals surface area (Å²) in [7, 11) is 1.75. The van der Waals surface area contributed by atoms with Crippen molar-refractivity contribution in [2.24, 2.45) is 10.9 Å². The van der Waals surface area contributed by atoms with Crippen molar-refractivity contribution >= 4 is 29.9 Å². The summed E-state index contributed by atoms with van der Waals surface area (Å²) >= 11 is 0. The van der Waals surface area contributed by atoms with E-state index in [0.717, 1.165) is 17.9 Å². The van der Waals surface area contributed by atoms with E-state index in [0.29, 0.717) is 18.5 Å². The first-order valence-electron chi connectivity index (χ1n) is 7.23. The normalized spacial score (nSPS) is 12.8. The van der Waals surface area contributed by atoms with Gasteiger partial charge in [0.25, 0.3) is 0 Å². The highest BCUT2D eigenvalue weighted by Crippen LogP contribution is 2.06. The van der Waals surface area contributed by atoms with Crippen molar-refractivity contribution in [3.05, 3.63) is 35.6 Å². The van der Waals surface area contributed by atoms with E-state index in [2.05, 4.69) is 36.4 Å². The van der Waals surface area contributed by atoms with Gasteiger partial charge in [0.1, 0.15) is 5.82 Å². The number of nitrogens with zero attached hydrogens (tertiary/aromatic N) is 1. The average molecular weight is 407 g/mol. The molecule has 0 radical (unpaired) electrons.